The number of nitrogens with two attached hydrogens (primary N) is 2. The van der Waals surface area contributed by atoms with Gasteiger partial charge in [0.2, 0.25) is 0 Å². The SMILES string of the molecule is CCC(Nc1nc(Nc2cccc3c2cnn3C)c(C(N)=O)cc1F)C(C)N. The van der Waals surface area contributed by atoms with Crippen LogP contribution in [0.5, 0.6) is 0 Å². The summed E-state index contributed by atoms with van der Waals surface area (Å²) in [7, 11) is 1.83. The number of benzene rings is 1. The summed E-state index contributed by atoms with van der Waals surface area (Å²) in [6.07, 6.45) is 2.39. The van der Waals surface area contributed by atoms with Crippen LogP contribution in [-0.4, -0.2) is 32.8 Å². The van der Waals surface area contributed by atoms with Gasteiger partial charge in [-0.1, -0.05) is 13.0 Å². The molecule has 2 unspecified atom stereocenters. The second-order valence-corrected chi connectivity index (χ2v) is 6.73. The van der Waals surface area contributed by atoms with Gasteiger partial charge in [0.15, 0.2) is 11.6 Å². The number of nitrogens with zero attached hydrogens (tertiary/aromatic N) is 3. The van der Waals surface area contributed by atoms with Gasteiger partial charge in [0.25, 0.3) is 5.91 Å². The molecule has 0 fully saturated rings. The zero-order valence-corrected chi connectivity index (χ0v) is 16.0. The molecule has 2 heterocycles. The summed E-state index contributed by atoms with van der Waals surface area (Å²) in [5.41, 5.74) is 12.9. The summed E-state index contributed by atoms with van der Waals surface area (Å²) in [4.78, 5) is 16.1. The molecule has 3 rings (SSSR count). The van der Waals surface area contributed by atoms with Gasteiger partial charge in [0.05, 0.1) is 23.0 Å². The van der Waals surface area contributed by atoms with E-state index in [1.165, 1.54) is 0 Å². The van der Waals surface area contributed by atoms with E-state index in [-0.39, 0.29) is 29.3 Å². The third-order valence-corrected chi connectivity index (χ3v) is 4.68. The number of nitrogens with one attached hydrogen (secondary N) is 2. The molecule has 0 spiro atoms. The van der Waals surface area contributed by atoms with Gasteiger partial charge >= 0.3 is 0 Å². The summed E-state index contributed by atoms with van der Waals surface area (Å²) < 4.78 is 16.3. The fourth-order valence-electron chi connectivity index (χ4n) is 3.07. The Hall–Kier alpha value is -3.20. The van der Waals surface area contributed by atoms with E-state index in [4.69, 9.17) is 11.5 Å². The van der Waals surface area contributed by atoms with Crippen LogP contribution in [0.15, 0.2) is 30.5 Å². The van der Waals surface area contributed by atoms with Crippen molar-refractivity contribution in [3.05, 3.63) is 41.8 Å². The Bertz CT molecular complexity index is 1010. The highest BCUT2D eigenvalue weighted by Crippen LogP contribution is 2.29. The minimum Gasteiger partial charge on any atom is -0.365 e. The molecule has 1 aromatic carbocycles. The van der Waals surface area contributed by atoms with Crippen molar-refractivity contribution in [3.63, 3.8) is 0 Å². The Morgan fingerprint density at radius 1 is 1.36 bits per heavy atom. The molecule has 0 radical (unpaired) electrons. The predicted molar refractivity (Wildman–Crippen MR) is 108 cm³/mol. The van der Waals surface area contributed by atoms with E-state index >= 15 is 0 Å². The lowest BCUT2D eigenvalue weighted by Gasteiger charge is -2.22. The third kappa shape index (κ3) is 3.74. The molecular weight excluding hydrogens is 361 g/mol. The number of aromatic nitrogens is 3. The van der Waals surface area contributed by atoms with E-state index in [2.05, 4.69) is 20.7 Å². The number of fused-ring (bicyclic) bond motifs is 1. The number of hydrogen-bond acceptors (Lipinski definition) is 6. The zero-order valence-electron chi connectivity index (χ0n) is 16.0. The van der Waals surface area contributed by atoms with Crippen molar-refractivity contribution >= 4 is 34.1 Å². The van der Waals surface area contributed by atoms with Crippen LogP contribution in [0.3, 0.4) is 0 Å². The van der Waals surface area contributed by atoms with E-state index in [0.717, 1.165) is 17.0 Å². The maximum Gasteiger partial charge on any atom is 0.252 e. The monoisotopic (exact) mass is 385 g/mol. The number of halogens is 1. The molecule has 0 aliphatic heterocycles. The van der Waals surface area contributed by atoms with Crippen LogP contribution in [0.2, 0.25) is 0 Å². The number of pyridine rings is 1. The molecule has 28 heavy (non-hydrogen) atoms. The topological polar surface area (TPSA) is 124 Å². The Kier molecular flexibility index (Phi) is 5.46. The van der Waals surface area contributed by atoms with E-state index < -0.39 is 11.7 Å². The Morgan fingerprint density at radius 3 is 2.75 bits per heavy atom. The van der Waals surface area contributed by atoms with Gasteiger partial charge < -0.3 is 22.1 Å². The molecule has 0 saturated carbocycles. The number of carbonyl (C=O) groups excluding carboxylic acids is 1. The first-order chi connectivity index (χ1) is 13.3. The second-order valence-electron chi connectivity index (χ2n) is 6.73. The van der Waals surface area contributed by atoms with Gasteiger partial charge in [0, 0.05) is 24.5 Å². The average molecular weight is 385 g/mol. The Labute approximate surface area is 162 Å². The second kappa shape index (κ2) is 7.81. The first kappa shape index (κ1) is 19.6. The fourth-order valence-corrected chi connectivity index (χ4v) is 3.07. The smallest absolute Gasteiger partial charge is 0.252 e. The highest BCUT2D eigenvalue weighted by atomic mass is 19.1. The van der Waals surface area contributed by atoms with Gasteiger partial charge in [0.1, 0.15) is 5.82 Å². The highest BCUT2D eigenvalue weighted by Gasteiger charge is 2.20. The Morgan fingerprint density at radius 2 is 2.11 bits per heavy atom. The molecule has 2 atom stereocenters. The molecule has 0 saturated heterocycles. The van der Waals surface area contributed by atoms with Crippen LogP contribution < -0.4 is 22.1 Å². The molecule has 2 aromatic heterocycles. The van der Waals surface area contributed by atoms with Crippen molar-refractivity contribution < 1.29 is 9.18 Å². The van der Waals surface area contributed by atoms with Gasteiger partial charge in [-0.05, 0) is 31.5 Å². The molecular formula is C19H24FN7O. The molecule has 9 heteroatoms. The Balaban J connectivity index is 2.05. The van der Waals surface area contributed by atoms with Gasteiger partial charge in [-0.15, -0.1) is 0 Å². The number of amides is 1. The molecule has 1 amide bonds. The van der Waals surface area contributed by atoms with Crippen molar-refractivity contribution in [3.8, 4) is 0 Å². The number of hydrogen-bond donors (Lipinski definition) is 4. The molecule has 8 nitrogen and oxygen atoms in total. The first-order valence-corrected chi connectivity index (χ1v) is 9.02. The van der Waals surface area contributed by atoms with Gasteiger partial charge in [-0.25, -0.2) is 9.37 Å². The summed E-state index contributed by atoms with van der Waals surface area (Å²) in [5, 5.41) is 11.2. The van der Waals surface area contributed by atoms with Crippen molar-refractivity contribution in [1.82, 2.24) is 14.8 Å². The molecule has 3 aromatic rings. The molecule has 0 bridgehead atoms. The number of anilines is 3. The van der Waals surface area contributed by atoms with Crippen molar-refractivity contribution in [2.24, 2.45) is 18.5 Å². The average Bonchev–Trinajstić information content (AvgIpc) is 3.03. The minimum atomic E-state index is -0.780. The lowest BCUT2D eigenvalue weighted by molar-refractivity contribution is 0.100. The van der Waals surface area contributed by atoms with Crippen LogP contribution in [0.4, 0.5) is 21.7 Å². The van der Waals surface area contributed by atoms with Crippen LogP contribution >= 0.6 is 0 Å². The first-order valence-electron chi connectivity index (χ1n) is 9.02. The number of carbonyl (C=O) groups is 1. The molecule has 6 N–H and O–H groups in total. The lowest BCUT2D eigenvalue weighted by atomic mass is 10.1. The third-order valence-electron chi connectivity index (χ3n) is 4.68. The maximum atomic E-state index is 14.5. The van der Waals surface area contributed by atoms with Crippen LogP contribution in [0, 0.1) is 5.82 Å². The van der Waals surface area contributed by atoms with E-state index in [0.29, 0.717) is 12.1 Å². The standard InChI is InChI=1S/C19H24FN7O/c1-4-14(10(2)21)24-19-13(20)8-11(17(22)28)18(26-19)25-15-6-5-7-16-12(15)9-23-27(16)3/h5-10,14H,4,21H2,1-3H3,(H2,22,28)(H2,24,25,26). The zero-order chi connectivity index (χ0) is 20.4. The van der Waals surface area contributed by atoms with Crippen LogP contribution in [0.1, 0.15) is 30.6 Å². The quantitative estimate of drug-likeness (QED) is 0.495. The number of rotatable bonds is 7. The largest absolute Gasteiger partial charge is 0.365 e. The summed E-state index contributed by atoms with van der Waals surface area (Å²) in [6, 6.07) is 6.30. The highest BCUT2D eigenvalue weighted by molar-refractivity contribution is 6.00. The lowest BCUT2D eigenvalue weighted by Crippen LogP contribution is -2.38. The predicted octanol–water partition coefficient (Wildman–Crippen LogP) is 2.49. The minimum absolute atomic E-state index is 0.00927. The van der Waals surface area contributed by atoms with E-state index in [1.54, 1.807) is 10.9 Å². The molecule has 0 aliphatic rings. The van der Waals surface area contributed by atoms with Gasteiger partial charge in [-0.3, -0.25) is 9.48 Å². The molecule has 0 aliphatic carbocycles. The normalized spacial score (nSPS) is 13.3. The van der Waals surface area contributed by atoms with Crippen molar-refractivity contribution in [2.75, 3.05) is 10.6 Å². The summed E-state index contributed by atoms with van der Waals surface area (Å²) in [5.74, 6) is -1.28. The summed E-state index contributed by atoms with van der Waals surface area (Å²) >= 11 is 0. The van der Waals surface area contributed by atoms with E-state index in [1.807, 2.05) is 39.1 Å². The van der Waals surface area contributed by atoms with Crippen LogP contribution in [0.25, 0.3) is 10.9 Å². The van der Waals surface area contributed by atoms with Crippen molar-refractivity contribution in [1.29, 1.82) is 0 Å². The maximum absolute atomic E-state index is 14.5. The van der Waals surface area contributed by atoms with Crippen molar-refractivity contribution in [2.45, 2.75) is 32.4 Å². The van der Waals surface area contributed by atoms with Crippen LogP contribution in [-0.2, 0) is 7.05 Å². The number of primary amides is 1. The van der Waals surface area contributed by atoms with Gasteiger partial charge in [-0.2, -0.15) is 5.10 Å². The molecule has 148 valence electrons. The number of aryl methyl sites for hydroxylation is 1. The fraction of sp³-hybridized carbons (Fsp3) is 0.316. The van der Waals surface area contributed by atoms with E-state index in [9.17, 15) is 9.18 Å². The summed E-state index contributed by atoms with van der Waals surface area (Å²) in [6.45, 7) is 3.78.